The van der Waals surface area contributed by atoms with Gasteiger partial charge in [-0.3, -0.25) is 14.4 Å². The number of hydrogen-bond acceptors (Lipinski definition) is 3. The molecule has 0 aliphatic carbocycles. The lowest BCUT2D eigenvalue weighted by Crippen LogP contribution is -2.53. The van der Waals surface area contributed by atoms with E-state index in [-0.39, 0.29) is 37.2 Å². The number of aryl methyl sites for hydroxylation is 2. The molecule has 0 N–H and O–H groups in total. The molecule has 2 amide bonds. The average Bonchev–Trinajstić information content (AvgIpc) is 2.39. The normalized spacial score (nSPS) is 15.8. The van der Waals surface area contributed by atoms with Crippen LogP contribution in [-0.2, 0) is 9.59 Å². The maximum Gasteiger partial charge on any atom is 0.243 e. The van der Waals surface area contributed by atoms with Crippen LogP contribution in [0.15, 0.2) is 18.2 Å². The van der Waals surface area contributed by atoms with Crippen LogP contribution < -0.4 is 0 Å². The van der Waals surface area contributed by atoms with Gasteiger partial charge in [-0.25, -0.2) is 0 Å². The molecule has 5 nitrogen and oxygen atoms in total. The van der Waals surface area contributed by atoms with Gasteiger partial charge >= 0.3 is 0 Å². The molecule has 0 spiro atoms. The van der Waals surface area contributed by atoms with Crippen molar-refractivity contribution in [2.24, 2.45) is 0 Å². The Balaban J connectivity index is 2.09. The lowest BCUT2D eigenvalue weighted by molar-refractivity contribution is -0.148. The molecular formula is C15H18N2O3. The summed E-state index contributed by atoms with van der Waals surface area (Å²) in [6.45, 7) is 3.90. The smallest absolute Gasteiger partial charge is 0.243 e. The van der Waals surface area contributed by atoms with E-state index in [1.54, 1.807) is 13.1 Å². The first kappa shape index (κ1) is 14.2. The molecule has 5 heteroatoms. The van der Waals surface area contributed by atoms with Crippen LogP contribution in [0.5, 0.6) is 0 Å². The van der Waals surface area contributed by atoms with Crippen LogP contribution in [0.25, 0.3) is 0 Å². The Labute approximate surface area is 118 Å². The van der Waals surface area contributed by atoms with Gasteiger partial charge in [0.15, 0.2) is 5.78 Å². The minimum Gasteiger partial charge on any atom is -0.335 e. The molecule has 0 bridgehead atoms. The quantitative estimate of drug-likeness (QED) is 0.766. The van der Waals surface area contributed by atoms with Crippen LogP contribution in [-0.4, -0.2) is 54.1 Å². The van der Waals surface area contributed by atoms with Gasteiger partial charge < -0.3 is 9.80 Å². The van der Waals surface area contributed by atoms with Crippen LogP contribution in [0.2, 0.25) is 0 Å². The first-order chi connectivity index (χ1) is 9.38. The van der Waals surface area contributed by atoms with E-state index in [0.717, 1.165) is 11.1 Å². The lowest BCUT2D eigenvalue weighted by atomic mass is 10.0. The van der Waals surface area contributed by atoms with E-state index in [0.29, 0.717) is 5.56 Å². The fourth-order valence-electron chi connectivity index (χ4n) is 2.09. The maximum absolute atomic E-state index is 12.2. The highest BCUT2D eigenvalue weighted by Gasteiger charge is 2.28. The van der Waals surface area contributed by atoms with Gasteiger partial charge in [0.2, 0.25) is 11.8 Å². The first-order valence-electron chi connectivity index (χ1n) is 6.50. The van der Waals surface area contributed by atoms with Crippen LogP contribution in [0.3, 0.4) is 0 Å². The number of Topliss-reactive ketones (excluding diaryl/α,β-unsaturated/α-hetero) is 1. The molecular weight excluding hydrogens is 256 g/mol. The molecule has 20 heavy (non-hydrogen) atoms. The molecule has 0 atom stereocenters. The Kier molecular flexibility index (Phi) is 3.88. The summed E-state index contributed by atoms with van der Waals surface area (Å²) in [6, 6.07) is 5.46. The standard InChI is InChI=1S/C15H18N2O3/c1-10-4-5-12(6-11(10)2)13(18)7-17-9-14(19)16(3)8-15(17)20/h4-6H,7-9H2,1-3H3. The third-order valence-electron chi connectivity index (χ3n) is 3.64. The van der Waals surface area contributed by atoms with Gasteiger partial charge in [-0.15, -0.1) is 0 Å². The number of ketones is 1. The second-order valence-corrected chi connectivity index (χ2v) is 5.22. The molecule has 1 aliphatic heterocycles. The Morgan fingerprint density at radius 2 is 1.80 bits per heavy atom. The molecule has 1 heterocycles. The minimum absolute atomic E-state index is 0.0219. The molecule has 1 saturated heterocycles. The van der Waals surface area contributed by atoms with Crippen LogP contribution >= 0.6 is 0 Å². The van der Waals surface area contributed by atoms with Gasteiger partial charge in [0.05, 0.1) is 13.1 Å². The van der Waals surface area contributed by atoms with Gasteiger partial charge in [-0.2, -0.15) is 0 Å². The summed E-state index contributed by atoms with van der Waals surface area (Å²) in [5.74, 6) is -0.472. The van der Waals surface area contributed by atoms with E-state index in [2.05, 4.69) is 0 Å². The predicted octanol–water partition coefficient (Wildman–Crippen LogP) is 0.787. The largest absolute Gasteiger partial charge is 0.335 e. The molecule has 0 unspecified atom stereocenters. The second-order valence-electron chi connectivity index (χ2n) is 5.22. The molecule has 1 aromatic carbocycles. The fraction of sp³-hybridized carbons (Fsp3) is 0.400. The zero-order valence-corrected chi connectivity index (χ0v) is 12.0. The highest BCUT2D eigenvalue weighted by molar-refractivity contribution is 6.01. The third kappa shape index (κ3) is 2.87. The summed E-state index contributed by atoms with van der Waals surface area (Å²) < 4.78 is 0. The van der Waals surface area contributed by atoms with Gasteiger partial charge in [-0.1, -0.05) is 12.1 Å². The average molecular weight is 274 g/mol. The lowest BCUT2D eigenvalue weighted by Gasteiger charge is -2.31. The van der Waals surface area contributed by atoms with Crippen molar-refractivity contribution in [3.05, 3.63) is 34.9 Å². The number of piperazine rings is 1. The van der Waals surface area contributed by atoms with E-state index >= 15 is 0 Å². The van der Waals surface area contributed by atoms with Gasteiger partial charge in [0.25, 0.3) is 0 Å². The number of likely N-dealkylation sites (N-methyl/N-ethyl adjacent to an activating group) is 1. The molecule has 1 aliphatic rings. The summed E-state index contributed by atoms with van der Waals surface area (Å²) in [6.07, 6.45) is 0. The summed E-state index contributed by atoms with van der Waals surface area (Å²) in [4.78, 5) is 38.3. The Bertz CT molecular complexity index is 580. The van der Waals surface area contributed by atoms with E-state index < -0.39 is 0 Å². The number of amides is 2. The molecule has 106 valence electrons. The summed E-state index contributed by atoms with van der Waals surface area (Å²) in [5.41, 5.74) is 2.73. The number of nitrogens with zero attached hydrogens (tertiary/aromatic N) is 2. The van der Waals surface area contributed by atoms with Gasteiger partial charge in [0.1, 0.15) is 6.54 Å². The molecule has 0 saturated carbocycles. The molecule has 1 fully saturated rings. The van der Waals surface area contributed by atoms with Crippen LogP contribution in [0.4, 0.5) is 0 Å². The van der Waals surface area contributed by atoms with Crippen LogP contribution in [0.1, 0.15) is 21.5 Å². The van der Waals surface area contributed by atoms with Crippen molar-refractivity contribution >= 4 is 17.6 Å². The predicted molar refractivity (Wildman–Crippen MR) is 74.5 cm³/mol. The highest BCUT2D eigenvalue weighted by atomic mass is 16.2. The van der Waals surface area contributed by atoms with Crippen molar-refractivity contribution in [2.45, 2.75) is 13.8 Å². The Morgan fingerprint density at radius 1 is 1.10 bits per heavy atom. The number of rotatable bonds is 3. The van der Waals surface area contributed by atoms with Crippen molar-refractivity contribution in [2.75, 3.05) is 26.7 Å². The van der Waals surface area contributed by atoms with Gasteiger partial charge in [0, 0.05) is 12.6 Å². The molecule has 0 radical (unpaired) electrons. The number of carbonyl (C=O) groups excluding carboxylic acids is 3. The zero-order chi connectivity index (χ0) is 14.9. The van der Waals surface area contributed by atoms with Gasteiger partial charge in [-0.05, 0) is 31.0 Å². The SMILES string of the molecule is Cc1ccc(C(=O)CN2CC(=O)N(C)CC2=O)cc1C. The third-order valence-corrected chi connectivity index (χ3v) is 3.64. The van der Waals surface area contributed by atoms with Crippen molar-refractivity contribution in [3.63, 3.8) is 0 Å². The van der Waals surface area contributed by atoms with E-state index in [1.807, 2.05) is 26.0 Å². The van der Waals surface area contributed by atoms with Crippen molar-refractivity contribution in [1.29, 1.82) is 0 Å². The second kappa shape index (κ2) is 5.45. The number of carbonyl (C=O) groups is 3. The molecule has 1 aromatic rings. The van der Waals surface area contributed by atoms with Crippen molar-refractivity contribution in [3.8, 4) is 0 Å². The number of hydrogen-bond donors (Lipinski definition) is 0. The molecule has 2 rings (SSSR count). The van der Waals surface area contributed by atoms with E-state index in [9.17, 15) is 14.4 Å². The zero-order valence-electron chi connectivity index (χ0n) is 12.0. The summed E-state index contributed by atoms with van der Waals surface area (Å²) in [5, 5.41) is 0. The van der Waals surface area contributed by atoms with E-state index in [1.165, 1.54) is 9.80 Å². The minimum atomic E-state index is -0.190. The monoisotopic (exact) mass is 274 g/mol. The number of benzene rings is 1. The van der Waals surface area contributed by atoms with E-state index in [4.69, 9.17) is 0 Å². The summed E-state index contributed by atoms with van der Waals surface area (Å²) >= 11 is 0. The van der Waals surface area contributed by atoms with Crippen molar-refractivity contribution in [1.82, 2.24) is 9.80 Å². The Morgan fingerprint density at radius 3 is 2.45 bits per heavy atom. The Hall–Kier alpha value is -2.17. The fourth-order valence-corrected chi connectivity index (χ4v) is 2.09. The highest BCUT2D eigenvalue weighted by Crippen LogP contribution is 2.12. The van der Waals surface area contributed by atoms with Crippen LogP contribution in [0, 0.1) is 13.8 Å². The summed E-state index contributed by atoms with van der Waals surface area (Å²) in [7, 11) is 1.59. The first-order valence-corrected chi connectivity index (χ1v) is 6.50. The van der Waals surface area contributed by atoms with Crippen molar-refractivity contribution < 1.29 is 14.4 Å². The molecule has 0 aromatic heterocycles. The maximum atomic E-state index is 12.2. The topological polar surface area (TPSA) is 57.7 Å².